The summed E-state index contributed by atoms with van der Waals surface area (Å²) in [5, 5.41) is 0. The van der Waals surface area contributed by atoms with Crippen molar-refractivity contribution in [2.75, 3.05) is 14.2 Å². The molecule has 0 N–H and O–H groups in total. The molecule has 0 bridgehead atoms. The predicted octanol–water partition coefficient (Wildman–Crippen LogP) is 0.940. The van der Waals surface area contributed by atoms with E-state index in [2.05, 4.69) is 0 Å². The average Bonchev–Trinajstić information content (AvgIpc) is 2.00. The minimum Gasteiger partial charge on any atom is -0.398 e. The van der Waals surface area contributed by atoms with Crippen LogP contribution in [-0.2, 0) is 13.6 Å². The molecule has 0 aromatic rings. The lowest BCUT2D eigenvalue weighted by Gasteiger charge is -2.21. The summed E-state index contributed by atoms with van der Waals surface area (Å²) in [7, 11) is 1.30. The summed E-state index contributed by atoms with van der Waals surface area (Å²) in [6.45, 7) is 1.94. The van der Waals surface area contributed by atoms with Crippen molar-refractivity contribution >= 4 is 14.8 Å². The lowest BCUT2D eigenvalue weighted by Crippen LogP contribution is -2.35. The molecule has 0 fully saturated rings. The Labute approximate surface area is 62.6 Å². The normalized spacial score (nSPS) is 11.5. The number of rotatable bonds is 5. The fraction of sp³-hybridized carbons (Fsp3) is 0.833. The van der Waals surface area contributed by atoms with Gasteiger partial charge < -0.3 is 13.6 Å². The quantitative estimate of drug-likeness (QED) is 0.446. The van der Waals surface area contributed by atoms with Crippen LogP contribution in [0.4, 0.5) is 0 Å². The molecule has 0 radical (unpaired) electrons. The van der Waals surface area contributed by atoms with Gasteiger partial charge in [0.25, 0.3) is 0 Å². The van der Waals surface area contributed by atoms with Gasteiger partial charge in [-0.2, -0.15) is 0 Å². The van der Waals surface area contributed by atoms with E-state index in [0.29, 0.717) is 6.42 Å². The zero-order valence-corrected chi connectivity index (χ0v) is 7.72. The Morgan fingerprint density at radius 3 is 2.20 bits per heavy atom. The van der Waals surface area contributed by atoms with Crippen molar-refractivity contribution in [3.05, 3.63) is 0 Å². The summed E-state index contributed by atoms with van der Waals surface area (Å²) >= 11 is 0. The molecule has 0 saturated carbocycles. The molecule has 0 spiro atoms. The summed E-state index contributed by atoms with van der Waals surface area (Å²) < 4.78 is 10.3. The molecule has 0 aromatic carbocycles. The predicted molar refractivity (Wildman–Crippen MR) is 41.1 cm³/mol. The van der Waals surface area contributed by atoms with Crippen LogP contribution < -0.4 is 0 Å². The van der Waals surface area contributed by atoms with E-state index < -0.39 is 8.56 Å². The van der Waals surface area contributed by atoms with Crippen molar-refractivity contribution in [2.45, 2.75) is 19.0 Å². The summed E-state index contributed by atoms with van der Waals surface area (Å²) in [5.74, 6) is 0. The molecule has 0 aliphatic rings. The molecule has 0 saturated heterocycles. The third kappa shape index (κ3) is 3.10. The maximum Gasteiger partial charge on any atom is 0.334 e. The minimum atomic E-state index is -1.95. The van der Waals surface area contributed by atoms with E-state index in [1.54, 1.807) is 14.2 Å². The van der Waals surface area contributed by atoms with Crippen LogP contribution in [0.25, 0.3) is 0 Å². The van der Waals surface area contributed by atoms with E-state index in [4.69, 9.17) is 8.85 Å². The van der Waals surface area contributed by atoms with Crippen molar-refractivity contribution in [3.8, 4) is 0 Å². The topological polar surface area (TPSA) is 35.5 Å². The molecule has 0 rings (SSSR count). The molecule has 0 heterocycles. The number of hydrogen-bond acceptors (Lipinski definition) is 3. The molecule has 10 heavy (non-hydrogen) atoms. The van der Waals surface area contributed by atoms with Crippen LogP contribution >= 0.6 is 0 Å². The van der Waals surface area contributed by atoms with Gasteiger partial charge >= 0.3 is 8.56 Å². The fourth-order valence-electron chi connectivity index (χ4n) is 0.609. The molecule has 60 valence electrons. The van der Waals surface area contributed by atoms with Crippen LogP contribution in [0.3, 0.4) is 0 Å². The maximum absolute atomic E-state index is 9.99. The first-order valence-corrected chi connectivity index (χ1v) is 5.75. The van der Waals surface area contributed by atoms with Crippen molar-refractivity contribution in [1.29, 1.82) is 0 Å². The summed E-state index contributed by atoms with van der Waals surface area (Å²) in [4.78, 5) is 9.99. The maximum atomic E-state index is 9.99. The van der Waals surface area contributed by atoms with Crippen LogP contribution in [0.2, 0.25) is 12.6 Å². The van der Waals surface area contributed by atoms with Crippen LogP contribution in [0.5, 0.6) is 0 Å². The van der Waals surface area contributed by atoms with Gasteiger partial charge in [-0.15, -0.1) is 0 Å². The van der Waals surface area contributed by atoms with Gasteiger partial charge in [0, 0.05) is 20.6 Å². The summed E-state index contributed by atoms with van der Waals surface area (Å²) in [6.07, 6.45) is 1.42. The monoisotopic (exact) mass is 162 g/mol. The van der Waals surface area contributed by atoms with Crippen LogP contribution in [-0.4, -0.2) is 29.1 Å². The molecule has 0 amide bonds. The largest absolute Gasteiger partial charge is 0.398 e. The third-order valence-electron chi connectivity index (χ3n) is 1.58. The second-order valence-electron chi connectivity index (χ2n) is 2.25. The highest BCUT2D eigenvalue weighted by Gasteiger charge is 2.27. The molecule has 0 aliphatic carbocycles. The highest BCUT2D eigenvalue weighted by molar-refractivity contribution is 6.66. The SMILES string of the molecule is CO[Si](C)(CCC=O)OC. The lowest BCUT2D eigenvalue weighted by molar-refractivity contribution is -0.107. The van der Waals surface area contributed by atoms with Crippen molar-refractivity contribution in [2.24, 2.45) is 0 Å². The van der Waals surface area contributed by atoms with E-state index in [1.165, 1.54) is 0 Å². The Kier molecular flexibility index (Phi) is 4.51. The Morgan fingerprint density at radius 1 is 1.40 bits per heavy atom. The number of hydrogen-bond donors (Lipinski definition) is 0. The van der Waals surface area contributed by atoms with Gasteiger partial charge in [-0.3, -0.25) is 0 Å². The van der Waals surface area contributed by atoms with E-state index in [9.17, 15) is 4.79 Å². The van der Waals surface area contributed by atoms with Gasteiger partial charge in [0.2, 0.25) is 0 Å². The zero-order chi connectivity index (χ0) is 8.04. The van der Waals surface area contributed by atoms with Crippen molar-refractivity contribution in [3.63, 3.8) is 0 Å². The summed E-state index contributed by atoms with van der Waals surface area (Å²) in [6, 6.07) is 0.740. The molecular formula is C6H14O3Si. The van der Waals surface area contributed by atoms with Crippen molar-refractivity contribution < 1.29 is 13.6 Å². The zero-order valence-electron chi connectivity index (χ0n) is 6.72. The first-order chi connectivity index (χ1) is 4.68. The highest BCUT2D eigenvalue weighted by atomic mass is 28.4. The van der Waals surface area contributed by atoms with Crippen LogP contribution in [0.15, 0.2) is 0 Å². The van der Waals surface area contributed by atoms with Gasteiger partial charge in [-0.1, -0.05) is 0 Å². The van der Waals surface area contributed by atoms with Gasteiger partial charge in [-0.05, 0) is 12.6 Å². The first kappa shape index (κ1) is 9.81. The molecule has 0 aromatic heterocycles. The van der Waals surface area contributed by atoms with E-state index >= 15 is 0 Å². The minimum absolute atomic E-state index is 0.532. The third-order valence-corrected chi connectivity index (χ3v) is 4.50. The Balaban J connectivity index is 3.68. The molecule has 0 atom stereocenters. The Morgan fingerprint density at radius 2 is 1.90 bits per heavy atom. The average molecular weight is 162 g/mol. The van der Waals surface area contributed by atoms with Gasteiger partial charge in [0.1, 0.15) is 6.29 Å². The second-order valence-corrected chi connectivity index (χ2v) is 5.83. The van der Waals surface area contributed by atoms with E-state index in [0.717, 1.165) is 12.3 Å². The highest BCUT2D eigenvalue weighted by Crippen LogP contribution is 2.11. The number of carbonyl (C=O) groups is 1. The molecule has 4 heteroatoms. The number of carbonyl (C=O) groups excluding carboxylic acids is 1. The Bertz CT molecular complexity index is 101. The van der Waals surface area contributed by atoms with Crippen molar-refractivity contribution in [1.82, 2.24) is 0 Å². The molecular weight excluding hydrogens is 148 g/mol. The fourth-order valence-corrected chi connectivity index (χ4v) is 1.83. The standard InChI is InChI=1S/C6H14O3Si/c1-8-10(3,9-2)6-4-5-7/h5H,4,6H2,1-3H3. The van der Waals surface area contributed by atoms with Gasteiger partial charge in [-0.25, -0.2) is 0 Å². The van der Waals surface area contributed by atoms with E-state index in [-0.39, 0.29) is 0 Å². The first-order valence-electron chi connectivity index (χ1n) is 3.22. The smallest absolute Gasteiger partial charge is 0.334 e. The van der Waals surface area contributed by atoms with Gasteiger partial charge in [0.15, 0.2) is 0 Å². The summed E-state index contributed by atoms with van der Waals surface area (Å²) in [5.41, 5.74) is 0. The lowest BCUT2D eigenvalue weighted by atomic mass is 10.6. The van der Waals surface area contributed by atoms with Crippen LogP contribution in [0, 0.1) is 0 Å². The van der Waals surface area contributed by atoms with E-state index in [1.807, 2.05) is 6.55 Å². The van der Waals surface area contributed by atoms with Gasteiger partial charge in [0.05, 0.1) is 0 Å². The Hall–Kier alpha value is -0.193. The number of aldehydes is 1. The molecule has 3 nitrogen and oxygen atoms in total. The second kappa shape index (κ2) is 4.60. The molecule has 0 unspecified atom stereocenters. The van der Waals surface area contributed by atoms with Crippen LogP contribution in [0.1, 0.15) is 6.42 Å². The molecule has 0 aliphatic heterocycles.